The molecule has 0 amide bonds. The van der Waals surface area contributed by atoms with Gasteiger partial charge in [0, 0.05) is 12.1 Å². The minimum absolute atomic E-state index is 0.390. The third-order valence-electron chi connectivity index (χ3n) is 5.79. The van der Waals surface area contributed by atoms with Crippen LogP contribution >= 0.6 is 0 Å². The molecule has 2 nitrogen and oxygen atoms in total. The fourth-order valence-electron chi connectivity index (χ4n) is 3.55. The first-order chi connectivity index (χ1) is 7.96. The van der Waals surface area contributed by atoms with E-state index in [2.05, 4.69) is 33.0 Å². The van der Waals surface area contributed by atoms with E-state index in [1.807, 2.05) is 0 Å². The summed E-state index contributed by atoms with van der Waals surface area (Å²) in [5, 5.41) is 3.78. The largest absolute Gasteiger partial charge is 0.327 e. The molecule has 17 heavy (non-hydrogen) atoms. The van der Waals surface area contributed by atoms with Crippen LogP contribution in [0.3, 0.4) is 0 Å². The topological polar surface area (TPSA) is 38.0 Å². The lowest BCUT2D eigenvalue weighted by Crippen LogP contribution is -2.49. The zero-order valence-corrected chi connectivity index (χ0v) is 12.0. The first-order valence-electron chi connectivity index (χ1n) is 7.45. The van der Waals surface area contributed by atoms with Gasteiger partial charge in [0.05, 0.1) is 0 Å². The minimum Gasteiger partial charge on any atom is -0.327 e. The van der Waals surface area contributed by atoms with Gasteiger partial charge < -0.3 is 11.1 Å². The highest BCUT2D eigenvalue weighted by Crippen LogP contribution is 2.44. The second-order valence-corrected chi connectivity index (χ2v) is 6.97. The Balaban J connectivity index is 1.84. The average molecular weight is 238 g/mol. The van der Waals surface area contributed by atoms with Crippen molar-refractivity contribution in [3.05, 3.63) is 0 Å². The van der Waals surface area contributed by atoms with Crippen LogP contribution in [0.4, 0.5) is 0 Å². The van der Waals surface area contributed by atoms with Crippen molar-refractivity contribution >= 4 is 0 Å². The Labute approximate surface area is 107 Å². The Morgan fingerprint density at radius 1 is 1.29 bits per heavy atom. The van der Waals surface area contributed by atoms with Crippen LogP contribution in [0.25, 0.3) is 0 Å². The maximum atomic E-state index is 6.21. The zero-order chi connectivity index (χ0) is 12.6. The molecule has 0 aromatic heterocycles. The molecule has 100 valence electrons. The zero-order valence-electron chi connectivity index (χ0n) is 12.0. The molecule has 2 heteroatoms. The van der Waals surface area contributed by atoms with Crippen molar-refractivity contribution < 1.29 is 0 Å². The third-order valence-corrected chi connectivity index (χ3v) is 5.79. The van der Waals surface area contributed by atoms with Crippen LogP contribution in [0.2, 0.25) is 0 Å². The number of nitrogens with one attached hydrogen (secondary N) is 1. The van der Waals surface area contributed by atoms with E-state index in [-0.39, 0.29) is 0 Å². The molecule has 5 unspecified atom stereocenters. The van der Waals surface area contributed by atoms with E-state index >= 15 is 0 Å². The summed E-state index contributed by atoms with van der Waals surface area (Å²) in [6.07, 6.45) is 5.25. The Morgan fingerprint density at radius 3 is 2.59 bits per heavy atom. The van der Waals surface area contributed by atoms with Crippen LogP contribution in [-0.4, -0.2) is 18.6 Å². The molecule has 2 fully saturated rings. The number of rotatable bonds is 4. The maximum Gasteiger partial charge on any atom is 0.00991 e. The van der Waals surface area contributed by atoms with Gasteiger partial charge in [0.1, 0.15) is 0 Å². The van der Waals surface area contributed by atoms with Gasteiger partial charge in [0.25, 0.3) is 0 Å². The molecule has 5 atom stereocenters. The number of hydrogen-bond donors (Lipinski definition) is 2. The van der Waals surface area contributed by atoms with E-state index in [0.29, 0.717) is 17.4 Å². The monoisotopic (exact) mass is 238 g/mol. The molecule has 2 aliphatic rings. The standard InChI is InChI=1S/C15H30N2/c1-5-11-8-14(11)17-9-12-6-7-13(16)10(2)15(12,3)4/h10-14,17H,5-9,16H2,1-4H3. The Kier molecular flexibility index (Phi) is 3.84. The van der Waals surface area contributed by atoms with Crippen molar-refractivity contribution in [2.45, 2.75) is 65.5 Å². The third kappa shape index (κ3) is 2.68. The quantitative estimate of drug-likeness (QED) is 0.790. The average Bonchev–Trinajstić information content (AvgIpc) is 3.04. The van der Waals surface area contributed by atoms with Crippen LogP contribution in [0.15, 0.2) is 0 Å². The van der Waals surface area contributed by atoms with Crippen molar-refractivity contribution in [2.75, 3.05) is 6.54 Å². The van der Waals surface area contributed by atoms with Gasteiger partial charge in [-0.3, -0.25) is 0 Å². The van der Waals surface area contributed by atoms with E-state index < -0.39 is 0 Å². The smallest absolute Gasteiger partial charge is 0.00991 e. The molecule has 0 aromatic carbocycles. The predicted molar refractivity (Wildman–Crippen MR) is 73.8 cm³/mol. The molecule has 0 aliphatic heterocycles. The van der Waals surface area contributed by atoms with E-state index in [4.69, 9.17) is 5.73 Å². The first-order valence-corrected chi connectivity index (χ1v) is 7.45. The van der Waals surface area contributed by atoms with Crippen molar-refractivity contribution in [3.8, 4) is 0 Å². The summed E-state index contributed by atoms with van der Waals surface area (Å²) in [7, 11) is 0. The summed E-state index contributed by atoms with van der Waals surface area (Å²) in [5.74, 6) is 2.40. The van der Waals surface area contributed by atoms with Gasteiger partial charge in [-0.1, -0.05) is 34.1 Å². The molecule has 0 bridgehead atoms. The normalized spacial score (nSPS) is 44.6. The molecule has 0 radical (unpaired) electrons. The van der Waals surface area contributed by atoms with Gasteiger partial charge in [-0.25, -0.2) is 0 Å². The predicted octanol–water partition coefficient (Wildman–Crippen LogP) is 2.77. The van der Waals surface area contributed by atoms with Gasteiger partial charge in [0.2, 0.25) is 0 Å². The van der Waals surface area contributed by atoms with Crippen molar-refractivity contribution in [1.82, 2.24) is 5.32 Å². The number of hydrogen-bond acceptors (Lipinski definition) is 2. The fraction of sp³-hybridized carbons (Fsp3) is 1.00. The molecule has 0 saturated heterocycles. The SMILES string of the molecule is CCC1CC1NCC1CCC(N)C(C)C1(C)C. The summed E-state index contributed by atoms with van der Waals surface area (Å²) < 4.78 is 0. The molecule has 0 spiro atoms. The van der Waals surface area contributed by atoms with Crippen LogP contribution in [-0.2, 0) is 0 Å². The molecule has 3 N–H and O–H groups in total. The second kappa shape index (κ2) is 4.89. The fourth-order valence-corrected chi connectivity index (χ4v) is 3.55. The minimum atomic E-state index is 0.390. The summed E-state index contributed by atoms with van der Waals surface area (Å²) in [4.78, 5) is 0. The Morgan fingerprint density at radius 2 is 2.00 bits per heavy atom. The maximum absolute atomic E-state index is 6.21. The summed E-state index contributed by atoms with van der Waals surface area (Å²) in [6, 6.07) is 1.23. The highest BCUT2D eigenvalue weighted by molar-refractivity contribution is 4.97. The molecule has 2 aliphatic carbocycles. The summed E-state index contributed by atoms with van der Waals surface area (Å²) in [6.45, 7) is 10.7. The first kappa shape index (κ1) is 13.4. The summed E-state index contributed by atoms with van der Waals surface area (Å²) in [5.41, 5.74) is 6.60. The van der Waals surface area contributed by atoms with Gasteiger partial charge in [-0.15, -0.1) is 0 Å². The Hall–Kier alpha value is -0.0800. The van der Waals surface area contributed by atoms with Crippen LogP contribution in [0, 0.1) is 23.2 Å². The Bertz CT molecular complexity index is 262. The van der Waals surface area contributed by atoms with Gasteiger partial charge in [0.15, 0.2) is 0 Å². The molecular weight excluding hydrogens is 208 g/mol. The molecule has 2 saturated carbocycles. The molecule has 2 rings (SSSR count). The van der Waals surface area contributed by atoms with E-state index in [0.717, 1.165) is 17.9 Å². The molecule has 0 heterocycles. The van der Waals surface area contributed by atoms with Crippen LogP contribution in [0.1, 0.15) is 53.4 Å². The molecule has 0 aromatic rings. The van der Waals surface area contributed by atoms with E-state index in [1.54, 1.807) is 0 Å². The molecular formula is C15H30N2. The lowest BCUT2D eigenvalue weighted by atomic mass is 9.61. The van der Waals surface area contributed by atoms with Crippen molar-refractivity contribution in [2.24, 2.45) is 28.9 Å². The highest BCUT2D eigenvalue weighted by Gasteiger charge is 2.42. The highest BCUT2D eigenvalue weighted by atomic mass is 15.0. The van der Waals surface area contributed by atoms with Gasteiger partial charge >= 0.3 is 0 Å². The van der Waals surface area contributed by atoms with Crippen LogP contribution < -0.4 is 11.1 Å². The lowest BCUT2D eigenvalue weighted by Gasteiger charge is -2.47. The number of nitrogens with two attached hydrogens (primary N) is 1. The van der Waals surface area contributed by atoms with Crippen molar-refractivity contribution in [3.63, 3.8) is 0 Å². The van der Waals surface area contributed by atoms with Crippen molar-refractivity contribution in [1.29, 1.82) is 0 Å². The summed E-state index contributed by atoms with van der Waals surface area (Å²) >= 11 is 0. The second-order valence-electron chi connectivity index (χ2n) is 6.97. The lowest BCUT2D eigenvalue weighted by molar-refractivity contribution is 0.0537. The van der Waals surface area contributed by atoms with E-state index in [1.165, 1.54) is 32.2 Å². The van der Waals surface area contributed by atoms with Crippen LogP contribution in [0.5, 0.6) is 0 Å². The van der Waals surface area contributed by atoms with E-state index in [9.17, 15) is 0 Å². The van der Waals surface area contributed by atoms with Gasteiger partial charge in [-0.2, -0.15) is 0 Å². The van der Waals surface area contributed by atoms with Gasteiger partial charge in [-0.05, 0) is 49.0 Å².